The molecule has 4 aromatic carbocycles. The summed E-state index contributed by atoms with van der Waals surface area (Å²) in [6, 6.07) is 16.1. The molecule has 0 saturated carbocycles. The van der Waals surface area contributed by atoms with Gasteiger partial charge in [-0.15, -0.1) is 0 Å². The molecule has 0 fully saturated rings. The zero-order chi connectivity index (χ0) is 49.7. The van der Waals surface area contributed by atoms with E-state index in [0.717, 1.165) is 48.8 Å². The molecule has 0 saturated heterocycles. The van der Waals surface area contributed by atoms with Crippen LogP contribution in [0.3, 0.4) is 0 Å². The number of para-hydroxylation sites is 2. The van der Waals surface area contributed by atoms with Gasteiger partial charge < -0.3 is 15.4 Å². The van der Waals surface area contributed by atoms with E-state index in [1.807, 2.05) is 0 Å². The van der Waals surface area contributed by atoms with E-state index in [0.29, 0.717) is 12.1 Å². The van der Waals surface area contributed by atoms with Crippen LogP contribution in [0.5, 0.6) is 0 Å². The van der Waals surface area contributed by atoms with Crippen molar-refractivity contribution >= 4 is 91.0 Å². The molecule has 28 heteroatoms. The number of fused-ring (bicyclic) bond motifs is 2. The van der Waals surface area contributed by atoms with Gasteiger partial charge in [-0.05, 0) is 79.6 Å². The van der Waals surface area contributed by atoms with Gasteiger partial charge in [0, 0.05) is 26.4 Å². The number of pyridine rings is 2. The number of aryl methyl sites for hydroxylation is 2. The number of carbonyl (C=O) groups is 1. The molecule has 8 aromatic rings. The monoisotopic (exact) mass is 1060 g/mol. The smallest absolute Gasteiger partial charge is 1.00 e. The fraction of sp³-hybridized carbons (Fsp3) is 0.119. The number of rotatable bonds is 10. The number of sulfonamides is 2. The normalized spacial score (nSPS) is 12.3. The number of ketones is 1. The van der Waals surface area contributed by atoms with Gasteiger partial charge in [-0.25, -0.2) is 31.4 Å². The molecule has 0 aliphatic rings. The molecule has 8 rings (SSSR count). The standard InChI is InChI=1S/C21H15ClF3N3O5S.C21H13ClF3N3O5S.B.Na.H/c2*1-10-5-6-12(8-14(10)21(23,24)25)34(31,32)28-16-7-11(22)9-26-17(16)18(29)13-3-2-4-15-19(13)33-20(30)27-15;;;/h2-9,18,28-29H,1H3,(H,27,30);2-9,28H,1H3,(H,27,30);;;/q;;;+1;-1. The number of carbonyl (C=O) groups excluding carboxylic acids is 1. The number of aromatic amines is 2. The zero-order valence-electron chi connectivity index (χ0n) is 36.7. The molecule has 16 nitrogen and oxygen atoms in total. The number of anilines is 2. The molecule has 1 unspecified atom stereocenters. The number of H-pyrrole nitrogens is 2. The molecule has 4 aromatic heterocycles. The molecule has 0 aliphatic carbocycles. The number of nitrogens with one attached hydrogen (secondary N) is 4. The first-order valence-corrected chi connectivity index (χ1v) is 22.6. The second-order valence-electron chi connectivity index (χ2n) is 14.5. The molecule has 1 atom stereocenters. The van der Waals surface area contributed by atoms with Crippen LogP contribution < -0.4 is 50.5 Å². The number of nitrogens with zero attached hydrogens (tertiary/aromatic N) is 2. The molecule has 70 heavy (non-hydrogen) atoms. The summed E-state index contributed by atoms with van der Waals surface area (Å²) in [4.78, 5) is 47.7. The number of oxazole rings is 2. The number of aliphatic hydroxyl groups excluding tert-OH is 1. The Morgan fingerprint density at radius 3 is 1.69 bits per heavy atom. The van der Waals surface area contributed by atoms with Crippen molar-refractivity contribution in [1.29, 1.82) is 0 Å². The molecule has 5 N–H and O–H groups in total. The molecule has 0 amide bonds. The largest absolute Gasteiger partial charge is 1.00 e. The second-order valence-corrected chi connectivity index (χ2v) is 18.7. The Hall–Kier alpha value is -5.93. The van der Waals surface area contributed by atoms with Gasteiger partial charge in [-0.1, -0.05) is 53.5 Å². The number of aliphatic hydroxyl groups is 1. The van der Waals surface area contributed by atoms with Crippen molar-refractivity contribution in [3.8, 4) is 0 Å². The maximum Gasteiger partial charge on any atom is 1.00 e. The number of hydrogen-bond donors (Lipinski definition) is 5. The summed E-state index contributed by atoms with van der Waals surface area (Å²) in [6.07, 6.45) is -8.87. The molecule has 0 aliphatic heterocycles. The second kappa shape index (κ2) is 20.8. The number of hydrogen-bond acceptors (Lipinski definition) is 12. The van der Waals surface area contributed by atoms with E-state index in [2.05, 4.69) is 29.4 Å². The Morgan fingerprint density at radius 1 is 0.700 bits per heavy atom. The van der Waals surface area contributed by atoms with Gasteiger partial charge in [0.1, 0.15) is 11.8 Å². The van der Waals surface area contributed by atoms with Gasteiger partial charge >= 0.3 is 53.4 Å². The topological polar surface area (TPSA) is 247 Å². The summed E-state index contributed by atoms with van der Waals surface area (Å²) < 4.78 is 146. The van der Waals surface area contributed by atoms with Gasteiger partial charge in [0.25, 0.3) is 20.0 Å². The van der Waals surface area contributed by atoms with Crippen LogP contribution in [0.25, 0.3) is 22.2 Å². The van der Waals surface area contributed by atoms with Crippen LogP contribution in [0.2, 0.25) is 10.0 Å². The molecule has 4 heterocycles. The van der Waals surface area contributed by atoms with E-state index < -0.39 is 82.4 Å². The SMILES string of the molecule is Cc1ccc(S(=O)(=O)Nc2cc(Cl)cnc2C(=O)c2cccc3[nH]c(=O)oc23)cc1C(F)(F)F.Cc1ccc(S(=O)(=O)Nc2cc(Cl)cnc2C(O)c2cccc3[nH]c(=O)oc23)cc1C(F)(F)F.[B].[H-].[Na+]. The summed E-state index contributed by atoms with van der Waals surface area (Å²) in [5, 5.41) is 10.9. The van der Waals surface area contributed by atoms with Crippen molar-refractivity contribution in [3.05, 3.63) is 173 Å². The van der Waals surface area contributed by atoms with E-state index in [-0.39, 0.29) is 111 Å². The zero-order valence-corrected chi connectivity index (χ0v) is 40.9. The average molecular weight is 1060 g/mol. The third-order valence-corrected chi connectivity index (χ3v) is 13.0. The molecule has 0 spiro atoms. The molecular formula is C42H29BCl2F6N6NaO10S2. The first-order chi connectivity index (χ1) is 31.7. The Kier molecular flexibility index (Phi) is 16.4. The van der Waals surface area contributed by atoms with Crippen molar-refractivity contribution in [1.82, 2.24) is 19.9 Å². The Bertz CT molecular complexity index is 3670. The molecule has 3 radical (unpaired) electrons. The van der Waals surface area contributed by atoms with E-state index in [1.165, 1.54) is 50.2 Å². The van der Waals surface area contributed by atoms with Gasteiger partial charge in [0.05, 0.1) is 64.6 Å². The van der Waals surface area contributed by atoms with Crippen LogP contribution in [0.4, 0.5) is 37.7 Å². The van der Waals surface area contributed by atoms with Crippen molar-refractivity contribution < 1.29 is 92.9 Å². The molecular weight excluding hydrogens is 1030 g/mol. The minimum Gasteiger partial charge on any atom is -1.00 e. The minimum absolute atomic E-state index is 0. The van der Waals surface area contributed by atoms with Crippen LogP contribution >= 0.6 is 23.2 Å². The fourth-order valence-electron chi connectivity index (χ4n) is 6.64. The van der Waals surface area contributed by atoms with Crippen molar-refractivity contribution in [3.63, 3.8) is 0 Å². The maximum atomic E-state index is 13.3. The van der Waals surface area contributed by atoms with Gasteiger partial charge in [-0.3, -0.25) is 29.2 Å². The summed E-state index contributed by atoms with van der Waals surface area (Å²) in [5.74, 6) is -2.39. The Labute approximate surface area is 425 Å². The maximum absolute atomic E-state index is 13.3. The van der Waals surface area contributed by atoms with E-state index >= 15 is 0 Å². The number of alkyl halides is 6. The summed E-state index contributed by atoms with van der Waals surface area (Å²) in [7, 11) is -9.13. The first-order valence-electron chi connectivity index (χ1n) is 18.9. The summed E-state index contributed by atoms with van der Waals surface area (Å²) >= 11 is 11.9. The number of halogens is 8. The summed E-state index contributed by atoms with van der Waals surface area (Å²) in [5.41, 5.74) is -3.33. The summed E-state index contributed by atoms with van der Waals surface area (Å²) in [6.45, 7) is 2.41. The van der Waals surface area contributed by atoms with Crippen LogP contribution in [-0.4, -0.2) is 56.1 Å². The predicted octanol–water partition coefficient (Wildman–Crippen LogP) is 5.64. The molecule has 0 bridgehead atoms. The van der Waals surface area contributed by atoms with Crippen LogP contribution in [0, 0.1) is 13.8 Å². The van der Waals surface area contributed by atoms with Gasteiger partial charge in [0.2, 0.25) is 5.78 Å². The van der Waals surface area contributed by atoms with E-state index in [9.17, 15) is 62.7 Å². The van der Waals surface area contributed by atoms with E-state index in [4.69, 9.17) is 32.0 Å². The first kappa shape index (κ1) is 55.0. The fourth-order valence-corrected chi connectivity index (χ4v) is 9.13. The third-order valence-electron chi connectivity index (χ3n) is 9.81. The third kappa shape index (κ3) is 11.8. The Balaban J connectivity index is 0.000000296. The predicted molar refractivity (Wildman–Crippen MR) is 241 cm³/mol. The Morgan fingerprint density at radius 2 is 1.16 bits per heavy atom. The van der Waals surface area contributed by atoms with Crippen LogP contribution in [-0.2, 0) is 32.4 Å². The average Bonchev–Trinajstić information content (AvgIpc) is 3.83. The number of aromatic nitrogens is 4. The minimum atomic E-state index is -4.77. The van der Waals surface area contributed by atoms with E-state index in [1.54, 1.807) is 0 Å². The molecule has 359 valence electrons. The van der Waals surface area contributed by atoms with Crippen molar-refractivity contribution in [2.24, 2.45) is 0 Å². The van der Waals surface area contributed by atoms with Crippen LogP contribution in [0.15, 0.2) is 126 Å². The van der Waals surface area contributed by atoms with Gasteiger partial charge in [-0.2, -0.15) is 26.3 Å². The van der Waals surface area contributed by atoms with Crippen molar-refractivity contribution in [2.45, 2.75) is 42.1 Å². The number of benzene rings is 4. The van der Waals surface area contributed by atoms with Crippen LogP contribution in [0.1, 0.15) is 57.1 Å². The quantitative estimate of drug-likeness (QED) is 0.0634. The van der Waals surface area contributed by atoms with Crippen molar-refractivity contribution in [2.75, 3.05) is 9.44 Å². The van der Waals surface area contributed by atoms with Gasteiger partial charge in [0.15, 0.2) is 11.2 Å².